The van der Waals surface area contributed by atoms with Gasteiger partial charge in [-0.25, -0.2) is 15.0 Å². The molecular weight excluding hydrogens is 265 g/mol. The van der Waals surface area contributed by atoms with Crippen LogP contribution in [0.3, 0.4) is 0 Å². The molecule has 0 aliphatic heterocycles. The Balaban J connectivity index is 2.28. The van der Waals surface area contributed by atoms with Crippen LogP contribution in [0.4, 0.5) is 13.2 Å². The molecule has 0 N–H and O–H groups in total. The van der Waals surface area contributed by atoms with Gasteiger partial charge in [0.25, 0.3) is 0 Å². The van der Waals surface area contributed by atoms with E-state index in [9.17, 15) is 13.2 Å². The Kier molecular flexibility index (Phi) is 2.34. The first kappa shape index (κ1) is 11.1. The Morgan fingerprint density at radius 1 is 1.17 bits per heavy atom. The van der Waals surface area contributed by atoms with E-state index in [1.807, 2.05) is 5.38 Å². The SMILES string of the molecule is FC(F)(F)c1ncnc2c1ncn2-c1ccsc1. The zero-order valence-corrected chi connectivity index (χ0v) is 9.53. The second-order valence-electron chi connectivity index (χ2n) is 3.49. The fourth-order valence-corrected chi connectivity index (χ4v) is 2.25. The molecule has 3 rings (SSSR count). The highest BCUT2D eigenvalue weighted by atomic mass is 32.1. The Bertz CT molecular complexity index is 687. The maximum absolute atomic E-state index is 12.7. The van der Waals surface area contributed by atoms with Crippen molar-refractivity contribution in [2.24, 2.45) is 0 Å². The molecule has 0 spiro atoms. The van der Waals surface area contributed by atoms with E-state index >= 15 is 0 Å². The van der Waals surface area contributed by atoms with Crippen LogP contribution in [-0.2, 0) is 6.18 Å². The van der Waals surface area contributed by atoms with Crippen LogP contribution in [0, 0.1) is 0 Å². The van der Waals surface area contributed by atoms with Crippen molar-refractivity contribution in [2.75, 3.05) is 0 Å². The predicted molar refractivity (Wildman–Crippen MR) is 59.5 cm³/mol. The topological polar surface area (TPSA) is 43.6 Å². The summed E-state index contributed by atoms with van der Waals surface area (Å²) in [4.78, 5) is 10.9. The van der Waals surface area contributed by atoms with Crippen molar-refractivity contribution in [1.82, 2.24) is 19.5 Å². The Morgan fingerprint density at radius 3 is 2.67 bits per heavy atom. The molecule has 0 amide bonds. The second-order valence-corrected chi connectivity index (χ2v) is 4.27. The quantitative estimate of drug-likeness (QED) is 0.683. The van der Waals surface area contributed by atoms with E-state index in [4.69, 9.17) is 0 Å². The third-order valence-electron chi connectivity index (χ3n) is 2.39. The molecule has 3 aromatic heterocycles. The van der Waals surface area contributed by atoms with Crippen molar-refractivity contribution in [1.29, 1.82) is 0 Å². The molecule has 0 aliphatic carbocycles. The van der Waals surface area contributed by atoms with Crippen LogP contribution in [0.2, 0.25) is 0 Å². The number of thiophene rings is 1. The van der Waals surface area contributed by atoms with Gasteiger partial charge >= 0.3 is 6.18 Å². The van der Waals surface area contributed by atoms with Crippen LogP contribution in [0.25, 0.3) is 16.9 Å². The van der Waals surface area contributed by atoms with Crippen molar-refractivity contribution in [3.63, 3.8) is 0 Å². The lowest BCUT2D eigenvalue weighted by Gasteiger charge is -2.05. The summed E-state index contributed by atoms with van der Waals surface area (Å²) in [6.07, 6.45) is -2.32. The molecule has 3 heterocycles. The summed E-state index contributed by atoms with van der Waals surface area (Å²) in [5, 5.41) is 3.63. The third kappa shape index (κ3) is 1.65. The zero-order valence-electron chi connectivity index (χ0n) is 8.72. The second kappa shape index (κ2) is 3.77. The summed E-state index contributed by atoms with van der Waals surface area (Å²) in [6, 6.07) is 1.78. The highest BCUT2D eigenvalue weighted by Gasteiger charge is 2.36. The molecule has 0 aromatic carbocycles. The van der Waals surface area contributed by atoms with Gasteiger partial charge in [0.2, 0.25) is 0 Å². The maximum atomic E-state index is 12.7. The lowest BCUT2D eigenvalue weighted by molar-refractivity contribution is -0.140. The number of halogens is 3. The van der Waals surface area contributed by atoms with Crippen LogP contribution < -0.4 is 0 Å². The van der Waals surface area contributed by atoms with E-state index in [2.05, 4.69) is 15.0 Å². The molecule has 0 fully saturated rings. The summed E-state index contributed by atoms with van der Waals surface area (Å²) in [5.74, 6) is 0. The molecule has 3 aromatic rings. The minimum atomic E-state index is -4.53. The van der Waals surface area contributed by atoms with Gasteiger partial charge in [-0.05, 0) is 11.4 Å². The largest absolute Gasteiger partial charge is 0.435 e. The van der Waals surface area contributed by atoms with E-state index in [1.165, 1.54) is 22.2 Å². The molecule has 4 nitrogen and oxygen atoms in total. The molecule has 0 aliphatic rings. The van der Waals surface area contributed by atoms with Gasteiger partial charge in [0.15, 0.2) is 11.3 Å². The van der Waals surface area contributed by atoms with Crippen molar-refractivity contribution >= 4 is 22.5 Å². The lowest BCUT2D eigenvalue weighted by atomic mass is 10.3. The number of alkyl halides is 3. The first-order valence-electron chi connectivity index (χ1n) is 4.85. The van der Waals surface area contributed by atoms with Crippen molar-refractivity contribution in [2.45, 2.75) is 6.18 Å². The summed E-state index contributed by atoms with van der Waals surface area (Å²) in [5.41, 5.74) is -0.372. The van der Waals surface area contributed by atoms with E-state index in [-0.39, 0.29) is 11.2 Å². The molecule has 8 heteroatoms. The predicted octanol–water partition coefficient (Wildman–Crippen LogP) is 2.90. The van der Waals surface area contributed by atoms with Gasteiger partial charge in [0.05, 0.1) is 5.69 Å². The Labute approximate surface area is 103 Å². The molecule has 0 saturated heterocycles. The van der Waals surface area contributed by atoms with Crippen molar-refractivity contribution in [3.05, 3.63) is 35.2 Å². The van der Waals surface area contributed by atoms with Crippen molar-refractivity contribution in [3.8, 4) is 5.69 Å². The maximum Gasteiger partial charge on any atom is 0.435 e. The molecule has 92 valence electrons. The number of nitrogens with zero attached hydrogens (tertiary/aromatic N) is 4. The number of hydrogen-bond acceptors (Lipinski definition) is 4. The normalized spacial score (nSPS) is 12.2. The van der Waals surface area contributed by atoms with E-state index < -0.39 is 11.9 Å². The van der Waals surface area contributed by atoms with Gasteiger partial charge in [-0.15, -0.1) is 0 Å². The molecule has 0 radical (unpaired) electrons. The van der Waals surface area contributed by atoms with Crippen LogP contribution in [-0.4, -0.2) is 19.5 Å². The first-order chi connectivity index (χ1) is 8.57. The van der Waals surface area contributed by atoms with Crippen LogP contribution >= 0.6 is 11.3 Å². The van der Waals surface area contributed by atoms with E-state index in [0.717, 1.165) is 12.0 Å². The van der Waals surface area contributed by atoms with E-state index in [1.54, 1.807) is 11.4 Å². The summed E-state index contributed by atoms with van der Waals surface area (Å²) < 4.78 is 39.7. The van der Waals surface area contributed by atoms with Crippen LogP contribution in [0.1, 0.15) is 5.69 Å². The lowest BCUT2D eigenvalue weighted by Crippen LogP contribution is -2.09. The van der Waals surface area contributed by atoms with Gasteiger partial charge in [0, 0.05) is 5.38 Å². The zero-order chi connectivity index (χ0) is 12.8. The summed E-state index contributed by atoms with van der Waals surface area (Å²) in [7, 11) is 0. The summed E-state index contributed by atoms with van der Waals surface area (Å²) >= 11 is 1.44. The molecule has 0 unspecified atom stereocenters. The average molecular weight is 270 g/mol. The van der Waals surface area contributed by atoms with Crippen LogP contribution in [0.15, 0.2) is 29.5 Å². The molecule has 0 bridgehead atoms. The standard InChI is InChI=1S/C10H5F3N4S/c11-10(12,13)8-7-9(15-4-14-8)17(5-16-7)6-1-2-18-3-6/h1-5H. The smallest absolute Gasteiger partial charge is 0.282 e. The third-order valence-corrected chi connectivity index (χ3v) is 3.06. The summed E-state index contributed by atoms with van der Waals surface area (Å²) in [6.45, 7) is 0. The molecular formula is C10H5F3N4S. The molecule has 0 saturated carbocycles. The number of imidazole rings is 1. The monoisotopic (exact) mass is 270 g/mol. The minimum absolute atomic E-state index is 0.149. The Morgan fingerprint density at radius 2 is 2.00 bits per heavy atom. The van der Waals surface area contributed by atoms with Gasteiger partial charge in [-0.3, -0.25) is 4.57 Å². The average Bonchev–Trinajstić information content (AvgIpc) is 2.95. The van der Waals surface area contributed by atoms with E-state index in [0.29, 0.717) is 0 Å². The van der Waals surface area contributed by atoms with Gasteiger partial charge in [0.1, 0.15) is 18.2 Å². The van der Waals surface area contributed by atoms with Gasteiger partial charge in [-0.2, -0.15) is 24.5 Å². The van der Waals surface area contributed by atoms with Gasteiger partial charge in [-0.1, -0.05) is 0 Å². The molecule has 0 atom stereocenters. The van der Waals surface area contributed by atoms with Crippen molar-refractivity contribution < 1.29 is 13.2 Å². The number of aromatic nitrogens is 4. The number of fused-ring (bicyclic) bond motifs is 1. The molecule has 18 heavy (non-hydrogen) atoms. The van der Waals surface area contributed by atoms with Gasteiger partial charge < -0.3 is 0 Å². The number of hydrogen-bond donors (Lipinski definition) is 0. The minimum Gasteiger partial charge on any atom is -0.282 e. The highest BCUT2D eigenvalue weighted by molar-refractivity contribution is 7.08. The number of rotatable bonds is 1. The Hall–Kier alpha value is -1.96. The van der Waals surface area contributed by atoms with Crippen LogP contribution in [0.5, 0.6) is 0 Å². The fraction of sp³-hybridized carbons (Fsp3) is 0.100. The first-order valence-corrected chi connectivity index (χ1v) is 5.79. The fourth-order valence-electron chi connectivity index (χ4n) is 1.63. The highest BCUT2D eigenvalue weighted by Crippen LogP contribution is 2.32.